The lowest BCUT2D eigenvalue weighted by atomic mass is 10.1. The highest BCUT2D eigenvalue weighted by molar-refractivity contribution is 5.79. The summed E-state index contributed by atoms with van der Waals surface area (Å²) in [6.45, 7) is 0.356. The van der Waals surface area contributed by atoms with Gasteiger partial charge in [0.25, 0.3) is 0 Å². The zero-order chi connectivity index (χ0) is 14.3. The van der Waals surface area contributed by atoms with Crippen molar-refractivity contribution in [3.63, 3.8) is 0 Å². The molecule has 0 saturated carbocycles. The Bertz CT molecular complexity index is 493. The second-order valence-electron chi connectivity index (χ2n) is 3.55. The first-order valence-electron chi connectivity index (χ1n) is 5.52. The van der Waals surface area contributed by atoms with E-state index in [4.69, 9.17) is 0 Å². The van der Waals surface area contributed by atoms with Crippen LogP contribution in [0.5, 0.6) is 0 Å². The zero-order valence-electron chi connectivity index (χ0n) is 10.6. The van der Waals surface area contributed by atoms with Gasteiger partial charge in [0.15, 0.2) is 5.96 Å². The molecule has 0 unspecified atom stereocenters. The molecular formula is C13H14F3N3. The van der Waals surface area contributed by atoms with Crippen molar-refractivity contribution < 1.29 is 13.2 Å². The molecule has 2 N–H and O–H groups in total. The fraction of sp³-hybridized carbons (Fsp3) is 0.308. The van der Waals surface area contributed by atoms with Gasteiger partial charge in [0.1, 0.15) is 0 Å². The molecule has 1 rings (SSSR count). The highest BCUT2D eigenvalue weighted by atomic mass is 19.4. The minimum absolute atomic E-state index is 0.356. The van der Waals surface area contributed by atoms with Gasteiger partial charge in [-0.2, -0.15) is 13.2 Å². The standard InChI is InChI=1S/C13H14F3N3/c1-17-12(18-2)19-9-3-4-10-5-7-11(8-6-10)13(14,15)16/h5-8H,9H2,1-2H3,(H2,17,18,19). The molecule has 0 heterocycles. The molecule has 1 aromatic carbocycles. The maximum Gasteiger partial charge on any atom is 0.416 e. The topological polar surface area (TPSA) is 36.4 Å². The third kappa shape index (κ3) is 4.92. The Kier molecular flexibility index (Phi) is 5.24. The van der Waals surface area contributed by atoms with Crippen LogP contribution in [0.25, 0.3) is 0 Å². The van der Waals surface area contributed by atoms with E-state index >= 15 is 0 Å². The third-order valence-electron chi connectivity index (χ3n) is 2.25. The average molecular weight is 269 g/mol. The van der Waals surface area contributed by atoms with Crippen LogP contribution in [0.4, 0.5) is 13.2 Å². The number of hydrogen-bond acceptors (Lipinski definition) is 1. The van der Waals surface area contributed by atoms with Gasteiger partial charge < -0.3 is 10.6 Å². The lowest BCUT2D eigenvalue weighted by Gasteiger charge is -2.05. The van der Waals surface area contributed by atoms with Crippen molar-refractivity contribution in [3.05, 3.63) is 35.4 Å². The first-order valence-corrected chi connectivity index (χ1v) is 5.52. The monoisotopic (exact) mass is 269 g/mol. The fourth-order valence-corrected chi connectivity index (χ4v) is 1.30. The van der Waals surface area contributed by atoms with Crippen molar-refractivity contribution >= 4 is 5.96 Å². The van der Waals surface area contributed by atoms with E-state index in [1.165, 1.54) is 12.1 Å². The van der Waals surface area contributed by atoms with Crippen molar-refractivity contribution in [2.45, 2.75) is 6.18 Å². The molecule has 0 saturated heterocycles. The lowest BCUT2D eigenvalue weighted by Crippen LogP contribution is -2.34. The van der Waals surface area contributed by atoms with Crippen molar-refractivity contribution in [1.82, 2.24) is 10.6 Å². The number of guanidine groups is 1. The van der Waals surface area contributed by atoms with Gasteiger partial charge in [-0.3, -0.25) is 4.99 Å². The van der Waals surface area contributed by atoms with Gasteiger partial charge in [0.05, 0.1) is 12.1 Å². The summed E-state index contributed by atoms with van der Waals surface area (Å²) in [5.74, 6) is 6.16. The Hall–Kier alpha value is -2.16. The van der Waals surface area contributed by atoms with Crippen molar-refractivity contribution in [3.8, 4) is 11.8 Å². The molecule has 0 aliphatic heterocycles. The molecule has 19 heavy (non-hydrogen) atoms. The molecule has 0 bridgehead atoms. The van der Waals surface area contributed by atoms with Crippen LogP contribution in [-0.2, 0) is 6.18 Å². The minimum atomic E-state index is -4.31. The Morgan fingerprint density at radius 3 is 2.37 bits per heavy atom. The molecule has 0 atom stereocenters. The summed E-state index contributed by atoms with van der Waals surface area (Å²) < 4.78 is 37.0. The van der Waals surface area contributed by atoms with E-state index in [-0.39, 0.29) is 0 Å². The Balaban J connectivity index is 2.60. The fourth-order valence-electron chi connectivity index (χ4n) is 1.30. The van der Waals surface area contributed by atoms with E-state index in [0.29, 0.717) is 18.1 Å². The molecular weight excluding hydrogens is 255 g/mol. The lowest BCUT2D eigenvalue weighted by molar-refractivity contribution is -0.137. The second kappa shape index (κ2) is 6.69. The maximum absolute atomic E-state index is 12.3. The smallest absolute Gasteiger partial charge is 0.359 e. The van der Waals surface area contributed by atoms with Crippen LogP contribution in [-0.4, -0.2) is 26.6 Å². The second-order valence-corrected chi connectivity index (χ2v) is 3.55. The van der Waals surface area contributed by atoms with E-state index < -0.39 is 11.7 Å². The van der Waals surface area contributed by atoms with E-state index in [1.54, 1.807) is 14.1 Å². The number of benzene rings is 1. The van der Waals surface area contributed by atoms with Gasteiger partial charge >= 0.3 is 6.18 Å². The largest absolute Gasteiger partial charge is 0.416 e. The first-order chi connectivity index (χ1) is 8.97. The molecule has 0 spiro atoms. The summed E-state index contributed by atoms with van der Waals surface area (Å²) in [6, 6.07) is 4.74. The summed E-state index contributed by atoms with van der Waals surface area (Å²) in [7, 11) is 3.35. The average Bonchev–Trinajstić information content (AvgIpc) is 2.38. The number of aliphatic imine (C=N–C) groups is 1. The highest BCUT2D eigenvalue weighted by Crippen LogP contribution is 2.28. The van der Waals surface area contributed by atoms with Crippen LogP contribution >= 0.6 is 0 Å². The number of alkyl halides is 3. The number of halogens is 3. The summed E-state index contributed by atoms with van der Waals surface area (Å²) >= 11 is 0. The van der Waals surface area contributed by atoms with E-state index in [1.807, 2.05) is 0 Å². The molecule has 3 nitrogen and oxygen atoms in total. The van der Waals surface area contributed by atoms with Crippen LogP contribution in [0.15, 0.2) is 29.3 Å². The van der Waals surface area contributed by atoms with E-state index in [9.17, 15) is 13.2 Å². The summed E-state index contributed by atoms with van der Waals surface area (Å²) in [4.78, 5) is 3.89. The van der Waals surface area contributed by atoms with Crippen LogP contribution < -0.4 is 10.6 Å². The van der Waals surface area contributed by atoms with Crippen molar-refractivity contribution in [1.29, 1.82) is 0 Å². The highest BCUT2D eigenvalue weighted by Gasteiger charge is 2.29. The number of nitrogens with zero attached hydrogens (tertiary/aromatic N) is 1. The Morgan fingerprint density at radius 1 is 1.26 bits per heavy atom. The summed E-state index contributed by atoms with van der Waals surface area (Å²) in [5, 5.41) is 5.73. The Morgan fingerprint density at radius 2 is 1.89 bits per heavy atom. The molecule has 102 valence electrons. The SMILES string of the molecule is CN=C(NC)NCC#Cc1ccc(C(F)(F)F)cc1. The number of hydrogen-bond donors (Lipinski definition) is 2. The van der Waals surface area contributed by atoms with Crippen LogP contribution in [0.2, 0.25) is 0 Å². The predicted octanol–water partition coefficient (Wildman–Crippen LogP) is 1.85. The van der Waals surface area contributed by atoms with Crippen molar-refractivity contribution in [2.75, 3.05) is 20.6 Å². The first kappa shape index (κ1) is 14.9. The van der Waals surface area contributed by atoms with Crippen LogP contribution in [0, 0.1) is 11.8 Å². The molecule has 0 aromatic heterocycles. The summed E-state index contributed by atoms with van der Waals surface area (Å²) in [6.07, 6.45) is -4.31. The number of nitrogens with one attached hydrogen (secondary N) is 2. The third-order valence-corrected chi connectivity index (χ3v) is 2.25. The van der Waals surface area contributed by atoms with Gasteiger partial charge in [0.2, 0.25) is 0 Å². The molecule has 1 aromatic rings. The molecule has 0 fully saturated rings. The van der Waals surface area contributed by atoms with Crippen LogP contribution in [0.3, 0.4) is 0 Å². The molecule has 0 aliphatic carbocycles. The van der Waals surface area contributed by atoms with Gasteiger partial charge in [-0.1, -0.05) is 11.8 Å². The maximum atomic E-state index is 12.3. The molecule has 0 radical (unpaired) electrons. The number of rotatable bonds is 1. The van der Waals surface area contributed by atoms with Gasteiger partial charge in [-0.25, -0.2) is 0 Å². The molecule has 0 amide bonds. The van der Waals surface area contributed by atoms with Gasteiger partial charge in [-0.05, 0) is 24.3 Å². The predicted molar refractivity (Wildman–Crippen MR) is 68.7 cm³/mol. The molecule has 6 heteroatoms. The Labute approximate surface area is 109 Å². The quantitative estimate of drug-likeness (QED) is 0.464. The van der Waals surface area contributed by atoms with E-state index in [0.717, 1.165) is 12.1 Å². The summed E-state index contributed by atoms with van der Waals surface area (Å²) in [5.41, 5.74) is -0.138. The van der Waals surface area contributed by atoms with Crippen LogP contribution in [0.1, 0.15) is 11.1 Å². The zero-order valence-corrected chi connectivity index (χ0v) is 10.6. The van der Waals surface area contributed by atoms with E-state index in [2.05, 4.69) is 27.5 Å². The normalized spacial score (nSPS) is 11.5. The molecule has 0 aliphatic rings. The van der Waals surface area contributed by atoms with Gasteiger partial charge in [-0.15, -0.1) is 0 Å². The van der Waals surface area contributed by atoms with Crippen molar-refractivity contribution in [2.24, 2.45) is 4.99 Å². The minimum Gasteiger partial charge on any atom is -0.359 e. The van der Waals surface area contributed by atoms with Gasteiger partial charge in [0, 0.05) is 19.7 Å².